The Labute approximate surface area is 196 Å². The first-order valence-corrected chi connectivity index (χ1v) is 12.2. The first-order valence-electron chi connectivity index (χ1n) is 12.2. The van der Waals surface area contributed by atoms with Crippen molar-refractivity contribution in [3.05, 3.63) is 65.2 Å². The summed E-state index contributed by atoms with van der Waals surface area (Å²) in [7, 11) is 2.13. The van der Waals surface area contributed by atoms with E-state index in [9.17, 15) is 0 Å². The zero-order valence-corrected chi connectivity index (χ0v) is 19.9. The average molecular weight is 444 g/mol. The molecule has 6 nitrogen and oxygen atoms in total. The van der Waals surface area contributed by atoms with E-state index >= 15 is 0 Å². The second-order valence-corrected chi connectivity index (χ2v) is 10.3. The number of piperazine rings is 1. The number of aliphatic imine (C=N–C) groups is 1. The van der Waals surface area contributed by atoms with E-state index in [2.05, 4.69) is 83.5 Å². The van der Waals surface area contributed by atoms with Crippen LogP contribution in [0.5, 0.6) is 5.75 Å². The molecule has 33 heavy (non-hydrogen) atoms. The Kier molecular flexibility index (Phi) is 4.87. The zero-order valence-electron chi connectivity index (χ0n) is 19.9. The molecule has 1 aliphatic carbocycles. The van der Waals surface area contributed by atoms with Crippen molar-refractivity contribution in [3.63, 3.8) is 0 Å². The highest BCUT2D eigenvalue weighted by Gasteiger charge is 2.30. The van der Waals surface area contributed by atoms with Crippen molar-refractivity contribution in [1.29, 1.82) is 0 Å². The van der Waals surface area contributed by atoms with Gasteiger partial charge in [0.1, 0.15) is 18.2 Å². The van der Waals surface area contributed by atoms with Crippen LogP contribution in [-0.2, 0) is 0 Å². The van der Waals surface area contributed by atoms with E-state index in [1.807, 2.05) is 0 Å². The fourth-order valence-electron chi connectivity index (χ4n) is 5.21. The number of nitrogens with zero attached hydrogens (tertiary/aromatic N) is 4. The molecule has 6 heteroatoms. The van der Waals surface area contributed by atoms with E-state index in [0.29, 0.717) is 0 Å². The third kappa shape index (κ3) is 3.76. The molecule has 1 saturated heterocycles. The maximum Gasteiger partial charge on any atom is 0.142 e. The summed E-state index contributed by atoms with van der Waals surface area (Å²) in [5, 5.41) is 3.62. The summed E-state index contributed by atoms with van der Waals surface area (Å²) in [5.74, 6) is 1.96. The number of hydrogen-bond donors (Lipinski definition) is 1. The lowest BCUT2D eigenvalue weighted by atomic mass is 9.88. The van der Waals surface area contributed by atoms with Gasteiger partial charge in [0, 0.05) is 49.7 Å². The molecule has 0 amide bonds. The van der Waals surface area contributed by atoms with Crippen LogP contribution in [0.4, 0.5) is 5.69 Å². The van der Waals surface area contributed by atoms with Crippen molar-refractivity contribution >= 4 is 17.2 Å². The van der Waals surface area contributed by atoms with Gasteiger partial charge in [-0.2, -0.15) is 0 Å². The maximum absolute atomic E-state index is 5.85. The highest BCUT2D eigenvalue weighted by molar-refractivity contribution is 6.02. The summed E-state index contributed by atoms with van der Waals surface area (Å²) in [5.41, 5.74) is 7.54. The predicted molar refractivity (Wildman–Crippen MR) is 134 cm³/mol. The number of hydrogen-bond acceptors (Lipinski definition) is 6. The fraction of sp³-hybridized carbons (Fsp3) is 0.444. The number of amidine groups is 1. The Morgan fingerprint density at radius 2 is 2.00 bits per heavy atom. The molecule has 5 aliphatic rings. The SMILES string of the molecule is CN1CCOc2ccc(C3=CC(=C4CCC4)N4C=C(N5CCNC(C)(C)C5)C=CC4=N3)cc21. The van der Waals surface area contributed by atoms with Crippen molar-refractivity contribution in [2.45, 2.75) is 38.6 Å². The predicted octanol–water partition coefficient (Wildman–Crippen LogP) is 4.10. The molecule has 0 bridgehead atoms. The van der Waals surface area contributed by atoms with Crippen molar-refractivity contribution < 1.29 is 4.74 Å². The monoisotopic (exact) mass is 443 g/mol. The number of likely N-dealkylation sites (N-methyl/N-ethyl adjacent to an activating group) is 1. The number of allylic oxidation sites excluding steroid dienone is 3. The van der Waals surface area contributed by atoms with E-state index in [4.69, 9.17) is 9.73 Å². The Hall–Kier alpha value is -2.99. The second-order valence-electron chi connectivity index (χ2n) is 10.3. The van der Waals surface area contributed by atoms with Crippen LogP contribution >= 0.6 is 0 Å². The van der Waals surface area contributed by atoms with Gasteiger partial charge in [0.15, 0.2) is 0 Å². The summed E-state index contributed by atoms with van der Waals surface area (Å²) in [6, 6.07) is 6.45. The van der Waals surface area contributed by atoms with E-state index in [1.54, 1.807) is 0 Å². The average Bonchev–Trinajstić information content (AvgIpc) is 2.77. The molecule has 6 rings (SSSR count). The summed E-state index contributed by atoms with van der Waals surface area (Å²) < 4.78 is 5.85. The highest BCUT2D eigenvalue weighted by atomic mass is 16.5. The number of fused-ring (bicyclic) bond motifs is 2. The van der Waals surface area contributed by atoms with Crippen LogP contribution in [0.25, 0.3) is 5.70 Å². The molecule has 0 spiro atoms. The summed E-state index contributed by atoms with van der Waals surface area (Å²) in [6.07, 6.45) is 12.6. The summed E-state index contributed by atoms with van der Waals surface area (Å²) in [4.78, 5) is 12.2. The molecule has 1 saturated carbocycles. The van der Waals surface area contributed by atoms with Gasteiger partial charge in [-0.25, -0.2) is 4.99 Å². The molecular formula is C27H33N5O. The number of ether oxygens (including phenoxy) is 1. The third-order valence-corrected chi connectivity index (χ3v) is 7.29. The van der Waals surface area contributed by atoms with Crippen LogP contribution < -0.4 is 15.0 Å². The molecule has 0 unspecified atom stereocenters. The van der Waals surface area contributed by atoms with Crippen LogP contribution in [0.2, 0.25) is 0 Å². The lowest BCUT2D eigenvalue weighted by molar-refractivity contribution is 0.194. The third-order valence-electron chi connectivity index (χ3n) is 7.29. The Morgan fingerprint density at radius 1 is 1.12 bits per heavy atom. The molecule has 2 fully saturated rings. The van der Waals surface area contributed by atoms with E-state index in [1.165, 1.54) is 36.2 Å². The molecule has 4 aliphatic heterocycles. The van der Waals surface area contributed by atoms with Gasteiger partial charge in [0.05, 0.1) is 23.6 Å². The van der Waals surface area contributed by atoms with Gasteiger partial charge in [-0.05, 0) is 75.1 Å². The molecule has 4 heterocycles. The molecule has 1 aromatic carbocycles. The molecule has 1 N–H and O–H groups in total. The molecule has 0 atom stereocenters. The van der Waals surface area contributed by atoms with Crippen molar-refractivity contribution in [3.8, 4) is 5.75 Å². The minimum absolute atomic E-state index is 0.120. The lowest BCUT2D eigenvalue weighted by Crippen LogP contribution is -2.56. The Morgan fingerprint density at radius 3 is 2.79 bits per heavy atom. The maximum atomic E-state index is 5.85. The Bertz CT molecular complexity index is 1130. The summed E-state index contributed by atoms with van der Waals surface area (Å²) in [6.45, 7) is 9.23. The quantitative estimate of drug-likeness (QED) is 0.745. The lowest BCUT2D eigenvalue weighted by Gasteiger charge is -2.42. The van der Waals surface area contributed by atoms with Gasteiger partial charge in [-0.15, -0.1) is 0 Å². The molecule has 1 aromatic rings. The number of nitrogens with one attached hydrogen (secondary N) is 1. The smallest absolute Gasteiger partial charge is 0.142 e. The van der Waals surface area contributed by atoms with Gasteiger partial charge in [0.2, 0.25) is 0 Å². The zero-order chi connectivity index (χ0) is 22.6. The summed E-state index contributed by atoms with van der Waals surface area (Å²) >= 11 is 0. The first-order chi connectivity index (χ1) is 16.0. The van der Waals surface area contributed by atoms with Crippen LogP contribution in [-0.4, -0.2) is 61.0 Å². The molecule has 0 radical (unpaired) electrons. The topological polar surface area (TPSA) is 43.3 Å². The molecule has 0 aromatic heterocycles. The van der Waals surface area contributed by atoms with Crippen LogP contribution in [0.1, 0.15) is 38.7 Å². The van der Waals surface area contributed by atoms with E-state index in [0.717, 1.165) is 61.3 Å². The normalized spacial score (nSPS) is 23.7. The van der Waals surface area contributed by atoms with Gasteiger partial charge in [-0.1, -0.05) is 0 Å². The number of rotatable bonds is 2. The van der Waals surface area contributed by atoms with Crippen LogP contribution in [0, 0.1) is 0 Å². The minimum atomic E-state index is 0.120. The highest BCUT2D eigenvalue weighted by Crippen LogP contribution is 2.39. The van der Waals surface area contributed by atoms with Gasteiger partial charge >= 0.3 is 0 Å². The van der Waals surface area contributed by atoms with E-state index < -0.39 is 0 Å². The largest absolute Gasteiger partial charge is 0.490 e. The van der Waals surface area contributed by atoms with Crippen LogP contribution in [0.3, 0.4) is 0 Å². The van der Waals surface area contributed by atoms with Gasteiger partial charge in [0.25, 0.3) is 0 Å². The molecule has 172 valence electrons. The van der Waals surface area contributed by atoms with E-state index in [-0.39, 0.29) is 5.54 Å². The van der Waals surface area contributed by atoms with Gasteiger partial charge < -0.3 is 19.9 Å². The Balaban J connectivity index is 1.36. The van der Waals surface area contributed by atoms with Crippen molar-refractivity contribution in [2.75, 3.05) is 44.7 Å². The first kappa shape index (κ1) is 20.6. The fourth-order valence-corrected chi connectivity index (χ4v) is 5.21. The molecular weight excluding hydrogens is 410 g/mol. The van der Waals surface area contributed by atoms with Gasteiger partial charge in [-0.3, -0.25) is 4.90 Å². The minimum Gasteiger partial charge on any atom is -0.490 e. The number of anilines is 1. The van der Waals surface area contributed by atoms with Crippen molar-refractivity contribution in [1.82, 2.24) is 15.1 Å². The second kappa shape index (κ2) is 7.80. The van der Waals surface area contributed by atoms with Crippen molar-refractivity contribution in [2.24, 2.45) is 4.99 Å². The standard InChI is InChI=1S/C27H33N5O/c1-27(2)18-31(12-11-28-27)21-8-10-26-29-22(16-23(32(26)17-21)19-5-4-6-19)20-7-9-25-24(15-20)30(3)13-14-33-25/h7-10,15-17,28H,4-6,11-14,18H2,1-3H3. The number of benzene rings is 1. The van der Waals surface area contributed by atoms with Crippen LogP contribution in [0.15, 0.2) is 64.6 Å².